The number of para-hydroxylation sites is 1. The number of ether oxygens (including phenoxy) is 2. The Hall–Kier alpha value is -3.69. The highest BCUT2D eigenvalue weighted by Crippen LogP contribution is 2.33. The van der Waals surface area contributed by atoms with Crippen molar-refractivity contribution in [3.8, 4) is 11.5 Å². The maximum absolute atomic E-state index is 13.3. The van der Waals surface area contributed by atoms with Crippen LogP contribution in [-0.2, 0) is 10.0 Å². The molecule has 3 aromatic carbocycles. The van der Waals surface area contributed by atoms with E-state index in [1.165, 1.54) is 19.2 Å². The molecular weight excluding hydrogens is 456 g/mol. The molecule has 0 spiro atoms. The lowest BCUT2D eigenvalue weighted by Crippen LogP contribution is -2.16. The quantitative estimate of drug-likeness (QED) is 0.304. The number of hydrogen-bond acceptors (Lipinski definition) is 7. The fourth-order valence-electron chi connectivity index (χ4n) is 3.67. The van der Waals surface area contributed by atoms with Gasteiger partial charge in [0.2, 0.25) is 0 Å². The van der Waals surface area contributed by atoms with Gasteiger partial charge in [0.25, 0.3) is 10.0 Å². The van der Waals surface area contributed by atoms with Crippen LogP contribution in [0.25, 0.3) is 11.0 Å². The fraction of sp³-hybridized carbons (Fsp3) is 0.200. The number of fused-ring (bicyclic) bond motifs is 1. The van der Waals surface area contributed by atoms with Gasteiger partial charge in [-0.1, -0.05) is 18.2 Å². The van der Waals surface area contributed by atoms with Crippen LogP contribution in [0.5, 0.6) is 11.5 Å². The number of hydrogen-bond donors (Lipinski definition) is 3. The highest BCUT2D eigenvalue weighted by atomic mass is 32.2. The second kappa shape index (κ2) is 9.28. The molecule has 3 N–H and O–H groups in total. The smallest absolute Gasteiger partial charge is 0.265 e. The second-order valence-electron chi connectivity index (χ2n) is 7.84. The molecule has 1 atom stereocenters. The van der Waals surface area contributed by atoms with Crippen LogP contribution in [0.3, 0.4) is 0 Å². The van der Waals surface area contributed by atoms with Gasteiger partial charge in [-0.05, 0) is 67.4 Å². The molecular formula is C25H26N2O6S. The van der Waals surface area contributed by atoms with E-state index in [2.05, 4.69) is 10.0 Å². The van der Waals surface area contributed by atoms with Gasteiger partial charge in [-0.25, -0.2) is 8.42 Å². The Kier molecular flexibility index (Phi) is 6.41. The van der Waals surface area contributed by atoms with Crippen molar-refractivity contribution in [3.05, 3.63) is 77.6 Å². The van der Waals surface area contributed by atoms with E-state index < -0.39 is 16.3 Å². The summed E-state index contributed by atoms with van der Waals surface area (Å²) < 4.78 is 45.4. The molecule has 0 aliphatic carbocycles. The van der Waals surface area contributed by atoms with Crippen LogP contribution in [0, 0.1) is 13.8 Å². The standard InChI is InChI=1S/C25H26N2O6S/c1-15-6-5-7-16(2)24(15)27-34(29,30)23-14-18(8-10-21(23)32-4)26-25(28)22-13-17-12-19(31-3)9-11-20(17)33-22/h5-14,25-28H,1-4H3. The number of aryl methyl sites for hydroxylation is 2. The minimum atomic E-state index is -3.99. The Bertz CT molecular complexity index is 1430. The number of sulfonamides is 1. The van der Waals surface area contributed by atoms with Crippen molar-refractivity contribution >= 4 is 32.4 Å². The molecule has 1 heterocycles. The third kappa shape index (κ3) is 4.66. The van der Waals surface area contributed by atoms with Gasteiger partial charge in [0.1, 0.15) is 22.0 Å². The number of anilines is 2. The monoisotopic (exact) mass is 482 g/mol. The summed E-state index contributed by atoms with van der Waals surface area (Å²) in [5.41, 5.74) is 3.07. The van der Waals surface area contributed by atoms with Crippen molar-refractivity contribution in [3.63, 3.8) is 0 Å². The number of methoxy groups -OCH3 is 2. The van der Waals surface area contributed by atoms with Gasteiger partial charge in [0.05, 0.1) is 19.9 Å². The van der Waals surface area contributed by atoms with Gasteiger partial charge in [0.15, 0.2) is 12.0 Å². The average molecular weight is 483 g/mol. The van der Waals surface area contributed by atoms with Crippen molar-refractivity contribution in [1.29, 1.82) is 0 Å². The van der Waals surface area contributed by atoms with Crippen LogP contribution < -0.4 is 19.5 Å². The van der Waals surface area contributed by atoms with Crippen LogP contribution in [0.1, 0.15) is 23.1 Å². The lowest BCUT2D eigenvalue weighted by molar-refractivity contribution is 0.180. The van der Waals surface area contributed by atoms with E-state index in [-0.39, 0.29) is 16.4 Å². The summed E-state index contributed by atoms with van der Waals surface area (Å²) in [6.45, 7) is 3.67. The van der Waals surface area contributed by atoms with E-state index >= 15 is 0 Å². The lowest BCUT2D eigenvalue weighted by atomic mass is 10.1. The summed E-state index contributed by atoms with van der Waals surface area (Å²) in [7, 11) is -1.01. The van der Waals surface area contributed by atoms with Crippen LogP contribution in [0.2, 0.25) is 0 Å². The van der Waals surface area contributed by atoms with Crippen molar-refractivity contribution in [2.45, 2.75) is 25.0 Å². The molecule has 4 rings (SSSR count). The van der Waals surface area contributed by atoms with E-state index in [0.29, 0.717) is 22.7 Å². The first-order valence-electron chi connectivity index (χ1n) is 10.5. The number of nitrogens with one attached hydrogen (secondary N) is 2. The van der Waals surface area contributed by atoms with Crippen LogP contribution in [-0.4, -0.2) is 27.7 Å². The Labute approximate surface area is 198 Å². The summed E-state index contributed by atoms with van der Waals surface area (Å²) in [4.78, 5) is -0.0656. The molecule has 34 heavy (non-hydrogen) atoms. The number of rotatable bonds is 8. The van der Waals surface area contributed by atoms with Crippen molar-refractivity contribution in [2.75, 3.05) is 24.3 Å². The van der Waals surface area contributed by atoms with Crippen LogP contribution in [0.15, 0.2) is 70.0 Å². The maximum atomic E-state index is 13.3. The first-order valence-corrected chi connectivity index (χ1v) is 12.0. The summed E-state index contributed by atoms with van der Waals surface area (Å²) in [6, 6.07) is 17.1. The summed E-state index contributed by atoms with van der Waals surface area (Å²) in [5.74, 6) is 1.12. The Morgan fingerprint density at radius 1 is 0.941 bits per heavy atom. The van der Waals surface area contributed by atoms with Crippen molar-refractivity contribution < 1.29 is 27.4 Å². The molecule has 0 saturated carbocycles. The molecule has 0 aliphatic heterocycles. The predicted octanol–water partition coefficient (Wildman–Crippen LogP) is 4.97. The topological polar surface area (TPSA) is 110 Å². The zero-order valence-corrected chi connectivity index (χ0v) is 20.1. The zero-order chi connectivity index (χ0) is 24.5. The molecule has 0 bridgehead atoms. The van der Waals surface area contributed by atoms with Gasteiger partial charge >= 0.3 is 0 Å². The lowest BCUT2D eigenvalue weighted by Gasteiger charge is -2.17. The molecule has 178 valence electrons. The van der Waals surface area contributed by atoms with E-state index in [1.54, 1.807) is 37.4 Å². The fourth-order valence-corrected chi connectivity index (χ4v) is 5.07. The first kappa shape index (κ1) is 23.5. The van der Waals surface area contributed by atoms with Gasteiger partial charge in [-0.15, -0.1) is 0 Å². The van der Waals surface area contributed by atoms with Gasteiger partial charge in [-0.3, -0.25) is 4.72 Å². The van der Waals surface area contributed by atoms with Gasteiger partial charge in [0, 0.05) is 11.1 Å². The van der Waals surface area contributed by atoms with Gasteiger partial charge < -0.3 is 24.3 Å². The normalized spacial score (nSPS) is 12.4. The molecule has 0 radical (unpaired) electrons. The predicted molar refractivity (Wildman–Crippen MR) is 131 cm³/mol. The average Bonchev–Trinajstić information content (AvgIpc) is 3.25. The van der Waals surface area contributed by atoms with Gasteiger partial charge in [-0.2, -0.15) is 0 Å². The number of furan rings is 1. The third-order valence-corrected chi connectivity index (χ3v) is 6.86. The Balaban J connectivity index is 1.63. The zero-order valence-electron chi connectivity index (χ0n) is 19.2. The second-order valence-corrected chi connectivity index (χ2v) is 9.49. The molecule has 1 unspecified atom stereocenters. The summed E-state index contributed by atoms with van der Waals surface area (Å²) in [5, 5.41) is 14.3. The molecule has 8 nitrogen and oxygen atoms in total. The molecule has 4 aromatic rings. The van der Waals surface area contributed by atoms with Crippen LogP contribution >= 0.6 is 0 Å². The molecule has 1 aromatic heterocycles. The molecule has 0 aliphatic rings. The van der Waals surface area contributed by atoms with E-state index in [9.17, 15) is 13.5 Å². The van der Waals surface area contributed by atoms with Crippen LogP contribution in [0.4, 0.5) is 11.4 Å². The first-order chi connectivity index (χ1) is 16.2. The van der Waals surface area contributed by atoms with E-state index in [4.69, 9.17) is 13.9 Å². The number of aliphatic hydroxyl groups excluding tert-OH is 1. The number of aliphatic hydroxyl groups is 1. The molecule has 0 fully saturated rings. The highest BCUT2D eigenvalue weighted by Gasteiger charge is 2.23. The molecule has 0 amide bonds. The Morgan fingerprint density at radius 2 is 1.68 bits per heavy atom. The third-order valence-electron chi connectivity index (χ3n) is 5.49. The minimum Gasteiger partial charge on any atom is -0.497 e. The maximum Gasteiger partial charge on any atom is 0.265 e. The highest BCUT2D eigenvalue weighted by molar-refractivity contribution is 7.92. The number of benzene rings is 3. The minimum absolute atomic E-state index is 0.0656. The van der Waals surface area contributed by atoms with Crippen molar-refractivity contribution in [2.24, 2.45) is 0 Å². The molecule has 0 saturated heterocycles. The summed E-state index contributed by atoms with van der Waals surface area (Å²) >= 11 is 0. The summed E-state index contributed by atoms with van der Waals surface area (Å²) in [6.07, 6.45) is -1.21. The Morgan fingerprint density at radius 3 is 2.35 bits per heavy atom. The largest absolute Gasteiger partial charge is 0.497 e. The molecule has 9 heteroatoms. The van der Waals surface area contributed by atoms with E-state index in [1.807, 2.05) is 32.0 Å². The van der Waals surface area contributed by atoms with Crippen molar-refractivity contribution in [1.82, 2.24) is 0 Å². The SMILES string of the molecule is COc1ccc2oc(C(O)Nc3ccc(OC)c(S(=O)(=O)Nc4c(C)cccc4C)c3)cc2c1. The van der Waals surface area contributed by atoms with E-state index in [0.717, 1.165) is 16.5 Å².